The van der Waals surface area contributed by atoms with Crippen molar-refractivity contribution in [2.24, 2.45) is 0 Å². The molecular formula is C20H25N3O2S. The molecule has 0 unspecified atom stereocenters. The Bertz CT molecular complexity index is 725. The van der Waals surface area contributed by atoms with Crippen LogP contribution in [0.1, 0.15) is 29.4 Å². The van der Waals surface area contributed by atoms with Crippen LogP contribution in [0.5, 0.6) is 0 Å². The number of rotatable bonds is 5. The van der Waals surface area contributed by atoms with E-state index in [0.29, 0.717) is 10.9 Å². The number of hydrogen-bond donors (Lipinski definition) is 1. The monoisotopic (exact) mass is 371 g/mol. The number of piperidine rings is 1. The van der Waals surface area contributed by atoms with Gasteiger partial charge in [0.05, 0.1) is 4.88 Å². The SMILES string of the molecule is C[C@@H](NC(=O)c1cccs1)C(=O)N1CCC(N(C)c2ccccc2)CC1. The first kappa shape index (κ1) is 18.5. The summed E-state index contributed by atoms with van der Waals surface area (Å²) >= 11 is 1.38. The number of likely N-dealkylation sites (tertiary alicyclic amines) is 1. The number of para-hydroxylation sites is 1. The van der Waals surface area contributed by atoms with Crippen molar-refractivity contribution in [3.05, 3.63) is 52.7 Å². The predicted molar refractivity (Wildman–Crippen MR) is 106 cm³/mol. The largest absolute Gasteiger partial charge is 0.371 e. The first-order valence-electron chi connectivity index (χ1n) is 8.97. The Morgan fingerprint density at radius 3 is 2.46 bits per heavy atom. The van der Waals surface area contributed by atoms with E-state index in [2.05, 4.69) is 29.4 Å². The Labute approximate surface area is 158 Å². The first-order valence-corrected chi connectivity index (χ1v) is 9.85. The zero-order valence-corrected chi connectivity index (χ0v) is 16.0. The Hall–Kier alpha value is -2.34. The predicted octanol–water partition coefficient (Wildman–Crippen LogP) is 2.99. The summed E-state index contributed by atoms with van der Waals surface area (Å²) in [5, 5.41) is 4.67. The Kier molecular flexibility index (Phi) is 5.93. The van der Waals surface area contributed by atoms with E-state index in [0.717, 1.165) is 25.9 Å². The van der Waals surface area contributed by atoms with Crippen LogP contribution < -0.4 is 10.2 Å². The number of carbonyl (C=O) groups is 2. The second kappa shape index (κ2) is 8.36. The summed E-state index contributed by atoms with van der Waals surface area (Å²) in [6.45, 7) is 3.20. The summed E-state index contributed by atoms with van der Waals surface area (Å²) in [5.74, 6) is -0.185. The van der Waals surface area contributed by atoms with Crippen molar-refractivity contribution < 1.29 is 9.59 Å². The number of nitrogens with one attached hydrogen (secondary N) is 1. The minimum atomic E-state index is -0.506. The lowest BCUT2D eigenvalue weighted by molar-refractivity contribution is -0.133. The fourth-order valence-electron chi connectivity index (χ4n) is 3.36. The van der Waals surface area contributed by atoms with Gasteiger partial charge in [0.2, 0.25) is 5.91 Å². The molecule has 26 heavy (non-hydrogen) atoms. The van der Waals surface area contributed by atoms with Gasteiger partial charge < -0.3 is 15.1 Å². The van der Waals surface area contributed by atoms with Gasteiger partial charge in [-0.3, -0.25) is 9.59 Å². The summed E-state index contributed by atoms with van der Waals surface area (Å²) in [7, 11) is 2.11. The van der Waals surface area contributed by atoms with Crippen molar-refractivity contribution in [3.8, 4) is 0 Å². The second-order valence-electron chi connectivity index (χ2n) is 6.68. The molecule has 3 rings (SSSR count). The molecule has 5 nitrogen and oxygen atoms in total. The van der Waals surface area contributed by atoms with Crippen LogP contribution in [0.2, 0.25) is 0 Å². The highest BCUT2D eigenvalue weighted by Crippen LogP contribution is 2.22. The van der Waals surface area contributed by atoms with Crippen LogP contribution in [-0.2, 0) is 4.79 Å². The molecule has 1 saturated heterocycles. The van der Waals surface area contributed by atoms with Crippen LogP contribution in [0.3, 0.4) is 0 Å². The molecule has 1 atom stereocenters. The molecule has 1 aliphatic rings. The summed E-state index contributed by atoms with van der Waals surface area (Å²) in [5.41, 5.74) is 1.20. The Morgan fingerprint density at radius 1 is 1.15 bits per heavy atom. The van der Waals surface area contributed by atoms with Crippen LogP contribution in [0.4, 0.5) is 5.69 Å². The molecule has 0 aliphatic carbocycles. The summed E-state index contributed by atoms with van der Waals surface area (Å²) < 4.78 is 0. The molecule has 1 aliphatic heterocycles. The minimum absolute atomic E-state index is 0.00396. The number of thiophene rings is 1. The van der Waals surface area contributed by atoms with Crippen LogP contribution in [0, 0.1) is 0 Å². The van der Waals surface area contributed by atoms with Crippen molar-refractivity contribution in [2.75, 3.05) is 25.0 Å². The number of nitrogens with zero attached hydrogens (tertiary/aromatic N) is 2. The van der Waals surface area contributed by atoms with Gasteiger partial charge in [0.25, 0.3) is 5.91 Å². The summed E-state index contributed by atoms with van der Waals surface area (Å²) in [6, 6.07) is 13.8. The maximum atomic E-state index is 12.7. The molecule has 2 heterocycles. The van der Waals surface area contributed by atoms with Gasteiger partial charge in [0, 0.05) is 31.9 Å². The normalized spacial score (nSPS) is 16.2. The van der Waals surface area contributed by atoms with Gasteiger partial charge in [-0.25, -0.2) is 0 Å². The standard InChI is InChI=1S/C20H25N3O2S/c1-15(21-19(24)18-9-6-14-26-18)20(25)23-12-10-17(11-13-23)22(2)16-7-4-3-5-8-16/h3-9,14-15,17H,10-13H2,1-2H3,(H,21,24)/t15-/m1/s1. The zero-order valence-electron chi connectivity index (χ0n) is 15.2. The van der Waals surface area contributed by atoms with E-state index in [4.69, 9.17) is 0 Å². The number of carbonyl (C=O) groups excluding carboxylic acids is 2. The van der Waals surface area contributed by atoms with E-state index >= 15 is 0 Å². The lowest BCUT2D eigenvalue weighted by Crippen LogP contribution is -2.51. The van der Waals surface area contributed by atoms with Crippen LogP contribution in [0.15, 0.2) is 47.8 Å². The maximum absolute atomic E-state index is 12.7. The minimum Gasteiger partial charge on any atom is -0.371 e. The highest BCUT2D eigenvalue weighted by atomic mass is 32.1. The van der Waals surface area contributed by atoms with Crippen molar-refractivity contribution in [1.82, 2.24) is 10.2 Å². The Balaban J connectivity index is 1.51. The van der Waals surface area contributed by atoms with Gasteiger partial charge >= 0.3 is 0 Å². The quantitative estimate of drug-likeness (QED) is 0.879. The highest BCUT2D eigenvalue weighted by molar-refractivity contribution is 7.12. The highest BCUT2D eigenvalue weighted by Gasteiger charge is 2.28. The molecule has 6 heteroatoms. The third kappa shape index (κ3) is 4.25. The lowest BCUT2D eigenvalue weighted by Gasteiger charge is -2.38. The summed E-state index contributed by atoms with van der Waals surface area (Å²) in [6.07, 6.45) is 1.87. The van der Waals surface area contributed by atoms with E-state index < -0.39 is 6.04 Å². The van der Waals surface area contributed by atoms with Crippen LogP contribution >= 0.6 is 11.3 Å². The summed E-state index contributed by atoms with van der Waals surface area (Å²) in [4.78, 5) is 29.6. The van der Waals surface area contributed by atoms with Gasteiger partial charge in [-0.2, -0.15) is 0 Å². The molecule has 0 bridgehead atoms. The van der Waals surface area contributed by atoms with E-state index in [1.165, 1.54) is 17.0 Å². The topological polar surface area (TPSA) is 52.7 Å². The van der Waals surface area contributed by atoms with Gasteiger partial charge in [-0.05, 0) is 43.3 Å². The van der Waals surface area contributed by atoms with Crippen molar-refractivity contribution in [1.29, 1.82) is 0 Å². The third-order valence-corrected chi connectivity index (χ3v) is 5.82. The molecule has 1 aromatic carbocycles. The molecule has 2 amide bonds. The molecule has 1 N–H and O–H groups in total. The maximum Gasteiger partial charge on any atom is 0.261 e. The van der Waals surface area contributed by atoms with E-state index in [1.54, 1.807) is 13.0 Å². The van der Waals surface area contributed by atoms with E-state index in [9.17, 15) is 9.59 Å². The molecule has 0 radical (unpaired) electrons. The van der Waals surface area contributed by atoms with Crippen LogP contribution in [0.25, 0.3) is 0 Å². The lowest BCUT2D eigenvalue weighted by atomic mass is 10.0. The van der Waals surface area contributed by atoms with Crippen molar-refractivity contribution >= 4 is 28.8 Å². The fourth-order valence-corrected chi connectivity index (χ4v) is 3.99. The second-order valence-corrected chi connectivity index (χ2v) is 7.62. The average Bonchev–Trinajstić information content (AvgIpc) is 3.22. The first-order chi connectivity index (χ1) is 12.6. The van der Waals surface area contributed by atoms with Crippen molar-refractivity contribution in [3.63, 3.8) is 0 Å². The van der Waals surface area contributed by atoms with E-state index in [1.807, 2.05) is 34.5 Å². The van der Waals surface area contributed by atoms with Crippen molar-refractivity contribution in [2.45, 2.75) is 31.8 Å². The molecule has 0 spiro atoms. The molecule has 2 aromatic rings. The van der Waals surface area contributed by atoms with Crippen LogP contribution in [-0.4, -0.2) is 48.9 Å². The number of hydrogen-bond acceptors (Lipinski definition) is 4. The smallest absolute Gasteiger partial charge is 0.261 e. The van der Waals surface area contributed by atoms with Gasteiger partial charge in [-0.1, -0.05) is 24.3 Å². The molecular weight excluding hydrogens is 346 g/mol. The average molecular weight is 372 g/mol. The molecule has 0 saturated carbocycles. The molecule has 1 aromatic heterocycles. The molecule has 138 valence electrons. The third-order valence-electron chi connectivity index (χ3n) is 4.95. The number of benzene rings is 1. The van der Waals surface area contributed by atoms with Gasteiger partial charge in [-0.15, -0.1) is 11.3 Å². The number of anilines is 1. The zero-order chi connectivity index (χ0) is 18.5. The number of amides is 2. The Morgan fingerprint density at radius 2 is 1.85 bits per heavy atom. The van der Waals surface area contributed by atoms with Gasteiger partial charge in [0.15, 0.2) is 0 Å². The van der Waals surface area contributed by atoms with E-state index in [-0.39, 0.29) is 11.8 Å². The molecule has 1 fully saturated rings. The fraction of sp³-hybridized carbons (Fsp3) is 0.400. The van der Waals surface area contributed by atoms with Gasteiger partial charge in [0.1, 0.15) is 6.04 Å².